The van der Waals surface area contributed by atoms with E-state index in [4.69, 9.17) is 11.6 Å². The summed E-state index contributed by atoms with van der Waals surface area (Å²) < 4.78 is 27.4. The zero-order chi connectivity index (χ0) is 24.1. The van der Waals surface area contributed by atoms with Crippen molar-refractivity contribution in [2.24, 2.45) is 4.99 Å². The molecule has 34 heavy (non-hydrogen) atoms. The Morgan fingerprint density at radius 2 is 1.74 bits per heavy atom. The van der Waals surface area contributed by atoms with E-state index in [0.29, 0.717) is 27.1 Å². The van der Waals surface area contributed by atoms with Gasteiger partial charge in [-0.15, -0.1) is 0 Å². The van der Waals surface area contributed by atoms with Crippen molar-refractivity contribution in [1.29, 1.82) is 0 Å². The number of hydrogen-bond donors (Lipinski definition) is 1. The van der Waals surface area contributed by atoms with E-state index in [9.17, 15) is 18.4 Å². The van der Waals surface area contributed by atoms with Gasteiger partial charge in [0.2, 0.25) is 11.8 Å². The van der Waals surface area contributed by atoms with Crippen LogP contribution in [0.4, 0.5) is 20.2 Å². The number of thioether (sulfide) groups is 1. The highest BCUT2D eigenvalue weighted by Crippen LogP contribution is 2.32. The normalized spacial score (nSPS) is 16.8. The number of halogens is 3. The first-order valence-electron chi connectivity index (χ1n) is 10.5. The Kier molecular flexibility index (Phi) is 7.59. The van der Waals surface area contributed by atoms with Gasteiger partial charge in [0, 0.05) is 13.0 Å². The molecule has 1 fully saturated rings. The predicted octanol–water partition coefficient (Wildman–Crippen LogP) is 5.82. The van der Waals surface area contributed by atoms with Gasteiger partial charge in [0.25, 0.3) is 0 Å². The highest BCUT2D eigenvalue weighted by molar-refractivity contribution is 8.15. The van der Waals surface area contributed by atoms with Gasteiger partial charge >= 0.3 is 0 Å². The van der Waals surface area contributed by atoms with E-state index in [1.807, 2.05) is 0 Å². The standard InChI is InChI=1S/C25H20ClF2N3O2S/c26-19-6-2-4-8-21(19)30-23(32)15-22-24(33)31(14-13-16-5-1-3-7-20(16)28)25(34-22)29-18-11-9-17(27)10-12-18/h1-12,22H,13-15H2,(H,30,32)/t22-/m1/s1. The molecule has 2 amide bonds. The summed E-state index contributed by atoms with van der Waals surface area (Å²) in [4.78, 5) is 31.7. The van der Waals surface area contributed by atoms with Gasteiger partial charge in [-0.25, -0.2) is 13.8 Å². The lowest BCUT2D eigenvalue weighted by atomic mass is 10.1. The van der Waals surface area contributed by atoms with Crippen molar-refractivity contribution in [1.82, 2.24) is 4.90 Å². The van der Waals surface area contributed by atoms with E-state index in [1.54, 1.807) is 42.5 Å². The molecule has 0 aliphatic carbocycles. The SMILES string of the molecule is O=C(C[C@H]1SC(=Nc2ccc(F)cc2)N(CCc2ccccc2F)C1=O)Nc1ccccc1Cl. The molecule has 3 aromatic carbocycles. The molecule has 9 heteroatoms. The van der Waals surface area contributed by atoms with Crippen LogP contribution in [0.3, 0.4) is 0 Å². The smallest absolute Gasteiger partial charge is 0.242 e. The lowest BCUT2D eigenvalue weighted by Gasteiger charge is -2.17. The van der Waals surface area contributed by atoms with Crippen LogP contribution in [-0.2, 0) is 16.0 Å². The number of benzene rings is 3. The quantitative estimate of drug-likeness (QED) is 0.445. The van der Waals surface area contributed by atoms with Crippen molar-refractivity contribution in [3.63, 3.8) is 0 Å². The number of carbonyl (C=O) groups excluding carboxylic acids is 2. The molecule has 1 N–H and O–H groups in total. The van der Waals surface area contributed by atoms with Gasteiger partial charge in [0.1, 0.15) is 16.9 Å². The van der Waals surface area contributed by atoms with Crippen LogP contribution < -0.4 is 5.32 Å². The summed E-state index contributed by atoms with van der Waals surface area (Å²) in [6.07, 6.45) is 0.188. The number of rotatable bonds is 7. The molecule has 0 spiro atoms. The first-order chi connectivity index (χ1) is 16.4. The van der Waals surface area contributed by atoms with E-state index >= 15 is 0 Å². The van der Waals surface area contributed by atoms with Crippen LogP contribution in [0.15, 0.2) is 77.8 Å². The van der Waals surface area contributed by atoms with Crippen molar-refractivity contribution in [3.8, 4) is 0 Å². The van der Waals surface area contributed by atoms with Crippen LogP contribution in [0.2, 0.25) is 5.02 Å². The van der Waals surface area contributed by atoms with E-state index in [-0.39, 0.29) is 37.0 Å². The van der Waals surface area contributed by atoms with Crippen molar-refractivity contribution < 1.29 is 18.4 Å². The molecule has 1 saturated heterocycles. The zero-order valence-corrected chi connectivity index (χ0v) is 19.5. The predicted molar refractivity (Wildman–Crippen MR) is 131 cm³/mol. The van der Waals surface area contributed by atoms with Crippen molar-refractivity contribution in [2.75, 3.05) is 11.9 Å². The molecule has 0 radical (unpaired) electrons. The third kappa shape index (κ3) is 5.81. The third-order valence-electron chi connectivity index (χ3n) is 5.15. The maximum Gasteiger partial charge on any atom is 0.242 e. The van der Waals surface area contributed by atoms with E-state index in [2.05, 4.69) is 10.3 Å². The lowest BCUT2D eigenvalue weighted by molar-refractivity contribution is -0.128. The fraction of sp³-hybridized carbons (Fsp3) is 0.160. The van der Waals surface area contributed by atoms with Gasteiger partial charge in [-0.2, -0.15) is 0 Å². The Bertz CT molecular complexity index is 1240. The molecule has 0 saturated carbocycles. The van der Waals surface area contributed by atoms with Gasteiger partial charge in [-0.05, 0) is 54.4 Å². The Hall–Kier alpha value is -3.23. The number of carbonyl (C=O) groups is 2. The number of aliphatic imine (C=N–C) groups is 1. The molecule has 1 aliphatic heterocycles. The molecule has 0 unspecified atom stereocenters. The zero-order valence-electron chi connectivity index (χ0n) is 17.9. The topological polar surface area (TPSA) is 61.8 Å². The molecule has 5 nitrogen and oxygen atoms in total. The van der Waals surface area contributed by atoms with Crippen LogP contribution in [0.1, 0.15) is 12.0 Å². The number of anilines is 1. The number of amides is 2. The van der Waals surface area contributed by atoms with Crippen LogP contribution in [-0.4, -0.2) is 33.7 Å². The molecular formula is C25H20ClF2N3O2S. The monoisotopic (exact) mass is 499 g/mol. The summed E-state index contributed by atoms with van der Waals surface area (Å²) in [7, 11) is 0. The number of nitrogens with zero attached hydrogens (tertiary/aromatic N) is 2. The van der Waals surface area contributed by atoms with Crippen LogP contribution in [0, 0.1) is 11.6 Å². The summed E-state index contributed by atoms with van der Waals surface area (Å²) in [5, 5.41) is 2.79. The first kappa shape index (κ1) is 23.9. The summed E-state index contributed by atoms with van der Waals surface area (Å²) >= 11 is 7.26. The Labute approximate surface area is 204 Å². The third-order valence-corrected chi connectivity index (χ3v) is 6.66. The minimum atomic E-state index is -0.706. The van der Waals surface area contributed by atoms with Gasteiger partial charge in [0.15, 0.2) is 5.17 Å². The minimum absolute atomic E-state index is 0.0899. The van der Waals surface area contributed by atoms with Gasteiger partial charge in [0.05, 0.1) is 16.4 Å². The minimum Gasteiger partial charge on any atom is -0.325 e. The second kappa shape index (κ2) is 10.8. The maximum atomic E-state index is 14.1. The fourth-order valence-electron chi connectivity index (χ4n) is 3.42. The molecule has 0 aromatic heterocycles. The first-order valence-corrected chi connectivity index (χ1v) is 11.8. The number of hydrogen-bond acceptors (Lipinski definition) is 4. The maximum absolute atomic E-state index is 14.1. The van der Waals surface area contributed by atoms with Crippen LogP contribution in [0.5, 0.6) is 0 Å². The van der Waals surface area contributed by atoms with Gasteiger partial charge in [-0.1, -0.05) is 53.7 Å². The Morgan fingerprint density at radius 3 is 2.47 bits per heavy atom. The van der Waals surface area contributed by atoms with Crippen LogP contribution >= 0.6 is 23.4 Å². The summed E-state index contributed by atoms with van der Waals surface area (Å²) in [5.41, 5.74) is 1.40. The molecule has 1 heterocycles. The summed E-state index contributed by atoms with van der Waals surface area (Å²) in [5.74, 6) is -1.41. The van der Waals surface area contributed by atoms with Crippen molar-refractivity contribution in [3.05, 3.63) is 95.0 Å². The largest absolute Gasteiger partial charge is 0.325 e. The van der Waals surface area contributed by atoms with E-state index in [0.717, 1.165) is 11.8 Å². The number of para-hydroxylation sites is 1. The average Bonchev–Trinajstić information content (AvgIpc) is 3.10. The highest BCUT2D eigenvalue weighted by atomic mass is 35.5. The lowest BCUT2D eigenvalue weighted by Crippen LogP contribution is -2.35. The van der Waals surface area contributed by atoms with E-state index in [1.165, 1.54) is 35.2 Å². The summed E-state index contributed by atoms with van der Waals surface area (Å²) in [6, 6.07) is 18.7. The van der Waals surface area contributed by atoms with Crippen molar-refractivity contribution in [2.45, 2.75) is 18.1 Å². The number of amidine groups is 1. The average molecular weight is 500 g/mol. The molecule has 1 atom stereocenters. The number of nitrogens with one attached hydrogen (secondary N) is 1. The molecule has 4 rings (SSSR count). The Balaban J connectivity index is 1.52. The van der Waals surface area contributed by atoms with Crippen molar-refractivity contribution >= 4 is 51.7 Å². The van der Waals surface area contributed by atoms with Gasteiger partial charge < -0.3 is 5.32 Å². The van der Waals surface area contributed by atoms with Crippen LogP contribution in [0.25, 0.3) is 0 Å². The molecule has 0 bridgehead atoms. The fourth-order valence-corrected chi connectivity index (χ4v) is 4.79. The molecule has 1 aliphatic rings. The second-order valence-electron chi connectivity index (χ2n) is 7.54. The highest BCUT2D eigenvalue weighted by Gasteiger charge is 2.39. The summed E-state index contributed by atoms with van der Waals surface area (Å²) in [6.45, 7) is 0.190. The van der Waals surface area contributed by atoms with Gasteiger partial charge in [-0.3, -0.25) is 14.5 Å². The molecule has 3 aromatic rings. The van der Waals surface area contributed by atoms with E-state index < -0.39 is 11.1 Å². The second-order valence-corrected chi connectivity index (χ2v) is 9.12. The Morgan fingerprint density at radius 1 is 1.03 bits per heavy atom. The molecule has 174 valence electrons. The molecular weight excluding hydrogens is 480 g/mol.